The first-order chi connectivity index (χ1) is 9.70. The van der Waals surface area contributed by atoms with Crippen LogP contribution in [0.1, 0.15) is 20.9 Å². The molecular weight excluding hydrogens is 301 g/mol. The van der Waals surface area contributed by atoms with Crippen LogP contribution in [0.2, 0.25) is 0 Å². The first-order valence-corrected chi connectivity index (χ1v) is 6.88. The van der Waals surface area contributed by atoms with Gasteiger partial charge in [0.05, 0.1) is 11.3 Å². The topological polar surface area (TPSA) is 33.2 Å². The highest BCUT2D eigenvalue weighted by molar-refractivity contribution is 7.17. The summed E-state index contributed by atoms with van der Waals surface area (Å²) in [5, 5.41) is 0.534. The standard InChI is InChI=1S/C14H13F3N2OS/c1-8-11(13(20)19(2)3)21-12(18-8)9-4-6-10(7-5-9)14(15,16)17/h4-7H,1-3H3. The van der Waals surface area contributed by atoms with Crippen LogP contribution in [0.5, 0.6) is 0 Å². The zero-order valence-corrected chi connectivity index (χ0v) is 12.5. The molecule has 3 nitrogen and oxygen atoms in total. The lowest BCUT2D eigenvalue weighted by Crippen LogP contribution is -2.21. The average molecular weight is 314 g/mol. The van der Waals surface area contributed by atoms with E-state index in [4.69, 9.17) is 0 Å². The third kappa shape index (κ3) is 3.24. The molecule has 0 aliphatic rings. The van der Waals surface area contributed by atoms with Gasteiger partial charge in [-0.15, -0.1) is 11.3 Å². The van der Waals surface area contributed by atoms with Crippen LogP contribution in [-0.4, -0.2) is 29.9 Å². The van der Waals surface area contributed by atoms with Crippen LogP contribution in [0.4, 0.5) is 13.2 Å². The van der Waals surface area contributed by atoms with E-state index in [-0.39, 0.29) is 5.91 Å². The zero-order chi connectivity index (χ0) is 15.8. The Bertz CT molecular complexity index is 660. The molecule has 1 heterocycles. The lowest BCUT2D eigenvalue weighted by Gasteiger charge is -2.08. The van der Waals surface area contributed by atoms with E-state index in [1.54, 1.807) is 21.0 Å². The van der Waals surface area contributed by atoms with Crippen molar-refractivity contribution in [3.8, 4) is 10.6 Å². The van der Waals surface area contributed by atoms with Crippen LogP contribution in [0.25, 0.3) is 10.6 Å². The molecule has 0 fully saturated rings. The second kappa shape index (κ2) is 5.48. The van der Waals surface area contributed by atoms with Crippen LogP contribution in [0, 0.1) is 6.92 Å². The number of benzene rings is 1. The molecule has 1 amide bonds. The fourth-order valence-electron chi connectivity index (χ4n) is 1.72. The van der Waals surface area contributed by atoms with E-state index in [1.807, 2.05) is 0 Å². The predicted molar refractivity (Wildman–Crippen MR) is 75.3 cm³/mol. The Morgan fingerprint density at radius 3 is 2.24 bits per heavy atom. The van der Waals surface area contributed by atoms with Crippen molar-refractivity contribution in [2.75, 3.05) is 14.1 Å². The van der Waals surface area contributed by atoms with Gasteiger partial charge >= 0.3 is 6.18 Å². The molecule has 0 aliphatic heterocycles. The van der Waals surface area contributed by atoms with Crippen molar-refractivity contribution in [3.05, 3.63) is 40.4 Å². The van der Waals surface area contributed by atoms with Gasteiger partial charge in [0.1, 0.15) is 9.88 Å². The van der Waals surface area contributed by atoms with Crippen LogP contribution in [0.15, 0.2) is 24.3 Å². The van der Waals surface area contributed by atoms with Gasteiger partial charge in [-0.3, -0.25) is 4.79 Å². The van der Waals surface area contributed by atoms with Crippen molar-refractivity contribution >= 4 is 17.2 Å². The summed E-state index contributed by atoms with van der Waals surface area (Å²) in [7, 11) is 3.28. The summed E-state index contributed by atoms with van der Waals surface area (Å²) in [6, 6.07) is 4.76. The van der Waals surface area contributed by atoms with E-state index in [1.165, 1.54) is 28.4 Å². The summed E-state index contributed by atoms with van der Waals surface area (Å²) in [6.07, 6.45) is -4.36. The van der Waals surface area contributed by atoms with E-state index in [0.717, 1.165) is 12.1 Å². The average Bonchev–Trinajstić information content (AvgIpc) is 2.79. The van der Waals surface area contributed by atoms with E-state index in [0.29, 0.717) is 21.1 Å². The number of aromatic nitrogens is 1. The van der Waals surface area contributed by atoms with Gasteiger partial charge in [0.2, 0.25) is 0 Å². The highest BCUT2D eigenvalue weighted by Crippen LogP contribution is 2.33. The monoisotopic (exact) mass is 314 g/mol. The normalized spacial score (nSPS) is 11.5. The minimum Gasteiger partial charge on any atom is -0.344 e. The van der Waals surface area contributed by atoms with Crippen molar-refractivity contribution in [2.24, 2.45) is 0 Å². The van der Waals surface area contributed by atoms with E-state index >= 15 is 0 Å². The lowest BCUT2D eigenvalue weighted by molar-refractivity contribution is -0.137. The third-order valence-corrected chi connectivity index (χ3v) is 4.05. The number of hydrogen-bond donors (Lipinski definition) is 0. The molecule has 0 spiro atoms. The summed E-state index contributed by atoms with van der Waals surface area (Å²) in [5.41, 5.74) is 0.437. The second-order valence-electron chi connectivity index (χ2n) is 4.71. The van der Waals surface area contributed by atoms with Gasteiger partial charge in [-0.05, 0) is 19.1 Å². The summed E-state index contributed by atoms with van der Waals surface area (Å²) in [4.78, 5) is 18.1. The summed E-state index contributed by atoms with van der Waals surface area (Å²) in [6.45, 7) is 1.71. The van der Waals surface area contributed by atoms with E-state index in [9.17, 15) is 18.0 Å². The zero-order valence-electron chi connectivity index (χ0n) is 11.7. The summed E-state index contributed by atoms with van der Waals surface area (Å²) in [5.74, 6) is -0.164. The van der Waals surface area contributed by atoms with Gasteiger partial charge in [-0.1, -0.05) is 12.1 Å². The van der Waals surface area contributed by atoms with Crippen molar-refractivity contribution in [1.29, 1.82) is 0 Å². The Morgan fingerprint density at radius 2 is 1.76 bits per heavy atom. The van der Waals surface area contributed by atoms with Gasteiger partial charge < -0.3 is 4.90 Å². The smallest absolute Gasteiger partial charge is 0.344 e. The van der Waals surface area contributed by atoms with Gasteiger partial charge in [0.15, 0.2) is 0 Å². The molecule has 0 atom stereocenters. The summed E-state index contributed by atoms with van der Waals surface area (Å²) >= 11 is 1.18. The molecule has 1 aromatic carbocycles. The highest BCUT2D eigenvalue weighted by Gasteiger charge is 2.30. The lowest BCUT2D eigenvalue weighted by atomic mass is 10.1. The van der Waals surface area contributed by atoms with Crippen LogP contribution in [-0.2, 0) is 6.18 Å². The largest absolute Gasteiger partial charge is 0.416 e. The fourth-order valence-corrected chi connectivity index (χ4v) is 2.82. The van der Waals surface area contributed by atoms with Crippen LogP contribution in [0.3, 0.4) is 0 Å². The number of aryl methyl sites for hydroxylation is 1. The molecule has 21 heavy (non-hydrogen) atoms. The van der Waals surface area contributed by atoms with Crippen molar-refractivity contribution in [1.82, 2.24) is 9.88 Å². The molecule has 7 heteroatoms. The summed E-state index contributed by atoms with van der Waals surface area (Å²) < 4.78 is 37.6. The second-order valence-corrected chi connectivity index (χ2v) is 5.71. The van der Waals surface area contributed by atoms with Gasteiger partial charge in [-0.2, -0.15) is 13.2 Å². The predicted octanol–water partition coefficient (Wildman–Crippen LogP) is 3.84. The molecular formula is C14H13F3N2OS. The van der Waals surface area contributed by atoms with Crippen LogP contribution < -0.4 is 0 Å². The number of thiazole rings is 1. The molecule has 1 aromatic heterocycles. The quantitative estimate of drug-likeness (QED) is 0.844. The highest BCUT2D eigenvalue weighted by atomic mass is 32.1. The number of hydrogen-bond acceptors (Lipinski definition) is 3. The number of alkyl halides is 3. The minimum atomic E-state index is -4.36. The molecule has 2 rings (SSSR count). The maximum atomic E-state index is 12.5. The molecule has 112 valence electrons. The molecule has 0 saturated carbocycles. The van der Waals surface area contributed by atoms with Gasteiger partial charge in [0, 0.05) is 19.7 Å². The molecule has 0 bridgehead atoms. The maximum absolute atomic E-state index is 12.5. The van der Waals surface area contributed by atoms with E-state index in [2.05, 4.69) is 4.98 Å². The van der Waals surface area contributed by atoms with Crippen molar-refractivity contribution < 1.29 is 18.0 Å². The van der Waals surface area contributed by atoms with Gasteiger partial charge in [-0.25, -0.2) is 4.98 Å². The molecule has 0 N–H and O–H groups in total. The van der Waals surface area contributed by atoms with Gasteiger partial charge in [0.25, 0.3) is 5.91 Å². The van der Waals surface area contributed by atoms with E-state index < -0.39 is 11.7 Å². The Balaban J connectivity index is 2.35. The fraction of sp³-hybridized carbons (Fsp3) is 0.286. The molecule has 0 saturated heterocycles. The molecule has 0 aliphatic carbocycles. The van der Waals surface area contributed by atoms with Crippen LogP contribution >= 0.6 is 11.3 Å². The number of amides is 1. The number of halogens is 3. The minimum absolute atomic E-state index is 0.164. The first kappa shape index (κ1) is 15.5. The molecule has 2 aromatic rings. The Morgan fingerprint density at radius 1 is 1.19 bits per heavy atom. The third-order valence-electron chi connectivity index (χ3n) is 2.86. The number of carbonyl (C=O) groups excluding carboxylic acids is 1. The molecule has 0 unspecified atom stereocenters. The van der Waals surface area contributed by atoms with Crippen molar-refractivity contribution in [2.45, 2.75) is 13.1 Å². The molecule has 0 radical (unpaired) electrons. The Kier molecular flexibility index (Phi) is 4.04. The first-order valence-electron chi connectivity index (χ1n) is 6.07. The Hall–Kier alpha value is -1.89. The number of carbonyl (C=O) groups is 1. The van der Waals surface area contributed by atoms with Crippen molar-refractivity contribution in [3.63, 3.8) is 0 Å². The maximum Gasteiger partial charge on any atom is 0.416 e. The number of rotatable bonds is 2. The SMILES string of the molecule is Cc1nc(-c2ccc(C(F)(F)F)cc2)sc1C(=O)N(C)C. The Labute approximate surface area is 124 Å². The number of nitrogens with zero attached hydrogens (tertiary/aromatic N) is 2.